The molecule has 584 valence electrons. The summed E-state index contributed by atoms with van der Waals surface area (Å²) in [5, 5.41) is 25.2. The van der Waals surface area contributed by atoms with E-state index < -0.39 is 7.12 Å². The summed E-state index contributed by atoms with van der Waals surface area (Å²) in [5.74, 6) is 0. The first-order valence-electron chi connectivity index (χ1n) is 41.6. The number of fused-ring (bicyclic) bond motifs is 12. The highest BCUT2D eigenvalue weighted by molar-refractivity contribution is 9.10. The molecule has 18 aromatic carbocycles. The summed E-state index contributed by atoms with van der Waals surface area (Å²) in [6, 6.07) is 150. The zero-order chi connectivity index (χ0) is 82.6. The summed E-state index contributed by atoms with van der Waals surface area (Å²) in [7, 11) is -1.63. The van der Waals surface area contributed by atoms with Gasteiger partial charge in [0.05, 0.1) is 0 Å². The summed E-state index contributed by atoms with van der Waals surface area (Å²) < 4.78 is 14.6. The van der Waals surface area contributed by atoms with Gasteiger partial charge in [0.1, 0.15) is 22.3 Å². The number of nitrogens with zero attached hydrogens (tertiary/aromatic N) is 2. The van der Waals surface area contributed by atoms with Gasteiger partial charge in [-0.1, -0.05) is 371 Å². The average Bonchev–Trinajstić information content (AvgIpc) is 1.54. The van der Waals surface area contributed by atoms with Crippen LogP contribution in [0.3, 0.4) is 0 Å². The van der Waals surface area contributed by atoms with Gasteiger partial charge in [-0.3, -0.25) is 0 Å². The minimum Gasteiger partial charge on any atom is -0.456 e. The molecule has 0 spiro atoms. The molecule has 20 aromatic rings. The first kappa shape index (κ1) is 76.3. The Balaban J connectivity index is 0.000000127. The van der Waals surface area contributed by atoms with Crippen molar-refractivity contribution in [3.63, 3.8) is 0 Å². The van der Waals surface area contributed by atoms with Gasteiger partial charge >= 0.3 is 7.12 Å². The normalized spacial score (nSPS) is 12.5. The fraction of sp³-hybridized carbons (Fsp3) is 0.0526. The third-order valence-corrected chi connectivity index (χ3v) is 25.0. The Bertz CT molecular complexity index is 7040. The number of hydrogen-bond donors (Lipinski definition) is 2. The summed E-state index contributed by atoms with van der Waals surface area (Å²) >= 11 is 3.56. The van der Waals surface area contributed by atoms with E-state index in [0.29, 0.717) is 11.0 Å². The molecule has 8 heteroatoms. The monoisotopic (exact) mass is 1630 g/mol. The minimum absolute atomic E-state index is 0.234. The van der Waals surface area contributed by atoms with Crippen molar-refractivity contribution in [3.8, 4) is 100 Å². The maximum Gasteiger partial charge on any atom is 0.492 e. The second-order valence-corrected chi connectivity index (χ2v) is 33.4. The van der Waals surface area contributed by atoms with Crippen LogP contribution >= 0.6 is 15.9 Å². The highest BCUT2D eigenvalue weighted by atomic mass is 79.9. The molecule has 2 aliphatic carbocycles. The second-order valence-electron chi connectivity index (χ2n) is 32.5. The lowest BCUT2D eigenvalue weighted by Crippen LogP contribution is -2.37. The smallest absolute Gasteiger partial charge is 0.456 e. The summed E-state index contributed by atoms with van der Waals surface area (Å²) in [6.07, 6.45) is 0. The molecule has 0 aliphatic heterocycles. The van der Waals surface area contributed by atoms with Gasteiger partial charge < -0.3 is 28.7 Å². The zero-order valence-electron chi connectivity index (χ0n) is 68.0. The van der Waals surface area contributed by atoms with Gasteiger partial charge in [0.25, 0.3) is 0 Å². The van der Waals surface area contributed by atoms with Gasteiger partial charge in [0.2, 0.25) is 0 Å². The van der Waals surface area contributed by atoms with E-state index in [1.54, 1.807) is 0 Å². The highest BCUT2D eigenvalue weighted by Gasteiger charge is 2.43. The van der Waals surface area contributed by atoms with Crippen molar-refractivity contribution < 1.29 is 18.9 Å². The standard InChI is InChI=1S/C57H41NO.C30H22BrN.C27H21BO3/c1-57(2)52-24-13-12-21-48(52)50-37-51-49-23-14-22-47(42-19-10-5-11-20-42)55(49)59-56(51)53(54(50)57)43-29-35-46(36-30-43)58(44-31-25-40(26-32-44)38-15-6-3-7-16-38)45-33-27-41(28-34-45)39-17-8-4-9-18-39;31-27-15-21-30(22-16-27)32(28-17-11-25(12-18-28)23-7-3-1-4-8-23)29-19-13-26(14-20-29)24-9-5-2-6-10-24;1-27(2)22-14-7-6-11-18(22)20-15-21-19-13-8-12-17(16-9-4-3-5-10-16)25(19)31-26(21)24(23(20)27)28(29)30/h3-37H,1-2H3;1-22H;3-15,29-30H,1-2H3. The maximum absolute atomic E-state index is 10.5. The van der Waals surface area contributed by atoms with E-state index in [1.165, 1.54) is 72.3 Å². The molecular weight excluding hydrogens is 1550 g/mol. The van der Waals surface area contributed by atoms with Gasteiger partial charge in [-0.2, -0.15) is 0 Å². The Labute approximate surface area is 720 Å². The third-order valence-electron chi connectivity index (χ3n) is 24.5. The first-order chi connectivity index (χ1) is 59.8. The number of halogens is 1. The summed E-state index contributed by atoms with van der Waals surface area (Å²) in [5.41, 5.74) is 35.5. The van der Waals surface area contributed by atoms with E-state index in [0.717, 1.165) is 127 Å². The number of para-hydroxylation sites is 2. The van der Waals surface area contributed by atoms with Crippen LogP contribution < -0.4 is 15.3 Å². The van der Waals surface area contributed by atoms with Crippen molar-refractivity contribution in [3.05, 3.63) is 451 Å². The van der Waals surface area contributed by atoms with Crippen molar-refractivity contribution >= 4 is 107 Å². The van der Waals surface area contributed by atoms with Crippen LogP contribution in [0.2, 0.25) is 0 Å². The molecule has 0 bridgehead atoms. The molecule has 2 aliphatic rings. The van der Waals surface area contributed by atoms with E-state index in [2.05, 4.69) is 417 Å². The molecule has 2 heterocycles. The zero-order valence-corrected chi connectivity index (χ0v) is 69.6. The molecule has 6 nitrogen and oxygen atoms in total. The molecule has 0 atom stereocenters. The van der Waals surface area contributed by atoms with Crippen LogP contribution in [0.5, 0.6) is 0 Å². The van der Waals surface area contributed by atoms with Crippen LogP contribution in [0.1, 0.15) is 49.9 Å². The molecule has 0 fully saturated rings. The predicted molar refractivity (Wildman–Crippen MR) is 514 cm³/mol. The number of anilines is 6. The average molecular weight is 1640 g/mol. The van der Waals surface area contributed by atoms with Gasteiger partial charge in [0.15, 0.2) is 0 Å². The number of benzene rings is 18. The van der Waals surface area contributed by atoms with Crippen molar-refractivity contribution in [1.82, 2.24) is 0 Å². The number of furan rings is 2. The van der Waals surface area contributed by atoms with Gasteiger partial charge in [-0.15, -0.1) is 0 Å². The maximum atomic E-state index is 10.5. The lowest BCUT2D eigenvalue weighted by atomic mass is 9.68. The molecule has 0 radical (unpaired) electrons. The van der Waals surface area contributed by atoms with Crippen molar-refractivity contribution in [2.75, 3.05) is 9.80 Å². The molecule has 0 amide bonds. The minimum atomic E-state index is -1.63. The number of rotatable bonds is 14. The van der Waals surface area contributed by atoms with Gasteiger partial charge in [0, 0.05) is 93.1 Å². The second kappa shape index (κ2) is 32.1. The van der Waals surface area contributed by atoms with Crippen LogP contribution in [-0.4, -0.2) is 17.2 Å². The van der Waals surface area contributed by atoms with E-state index in [1.807, 2.05) is 60.7 Å². The quantitative estimate of drug-likeness (QED) is 0.106. The predicted octanol–water partition coefficient (Wildman–Crippen LogP) is 30.5. The lowest BCUT2D eigenvalue weighted by molar-refractivity contribution is 0.424. The Morgan fingerprint density at radius 2 is 0.508 bits per heavy atom. The van der Waals surface area contributed by atoms with E-state index in [9.17, 15) is 10.0 Å². The SMILES string of the molecule is Brc1ccc(N(c2ccc(-c3ccccc3)cc2)c2ccc(-c3ccccc3)cc2)cc1.CC1(C)c2ccccc2-c2cc3c(oc4c(-c5ccccc5)cccc43)c(-c3ccc(N(c4ccc(-c5ccccc5)cc4)c4ccc(-c5ccccc5)cc4)cc3)c21.CC1(C)c2ccccc2-c2cc3c(oc4c(-c5ccccc5)cccc43)c(B(O)O)c21. The van der Waals surface area contributed by atoms with Crippen molar-refractivity contribution in [2.45, 2.75) is 38.5 Å². The molecule has 0 saturated heterocycles. The molecule has 2 aromatic heterocycles. The Morgan fingerprint density at radius 1 is 0.238 bits per heavy atom. The van der Waals surface area contributed by atoms with Crippen LogP contribution in [0, 0.1) is 0 Å². The van der Waals surface area contributed by atoms with Crippen LogP contribution in [0.15, 0.2) is 438 Å². The van der Waals surface area contributed by atoms with E-state index in [-0.39, 0.29) is 10.8 Å². The van der Waals surface area contributed by atoms with E-state index in [4.69, 9.17) is 8.83 Å². The van der Waals surface area contributed by atoms with Crippen LogP contribution in [-0.2, 0) is 10.8 Å². The topological polar surface area (TPSA) is 73.2 Å². The van der Waals surface area contributed by atoms with E-state index >= 15 is 0 Å². The Morgan fingerprint density at radius 3 is 0.861 bits per heavy atom. The Hall–Kier alpha value is -14.4. The first-order valence-corrected chi connectivity index (χ1v) is 42.4. The Kier molecular flexibility index (Phi) is 20.1. The summed E-state index contributed by atoms with van der Waals surface area (Å²) in [4.78, 5) is 4.64. The molecule has 0 unspecified atom stereocenters. The van der Waals surface area contributed by atoms with Crippen LogP contribution in [0.25, 0.3) is 144 Å². The molecule has 0 saturated carbocycles. The van der Waals surface area contributed by atoms with Gasteiger partial charge in [-0.05, 0) is 203 Å². The molecule has 2 N–H and O–H groups in total. The summed E-state index contributed by atoms with van der Waals surface area (Å²) in [6.45, 7) is 8.99. The van der Waals surface area contributed by atoms with Gasteiger partial charge in [-0.25, -0.2) is 0 Å². The molecule has 122 heavy (non-hydrogen) atoms. The molecule has 22 rings (SSSR count). The fourth-order valence-corrected chi connectivity index (χ4v) is 18.9. The van der Waals surface area contributed by atoms with Crippen LogP contribution in [0.4, 0.5) is 34.1 Å². The van der Waals surface area contributed by atoms with Crippen molar-refractivity contribution in [1.29, 1.82) is 0 Å². The molecular formula is C114H84BBrN2O4. The third kappa shape index (κ3) is 14.0. The lowest BCUT2D eigenvalue weighted by Gasteiger charge is -2.27. The number of hydrogen-bond acceptors (Lipinski definition) is 6. The largest absolute Gasteiger partial charge is 0.492 e. The van der Waals surface area contributed by atoms with Crippen molar-refractivity contribution in [2.24, 2.45) is 0 Å². The fourth-order valence-electron chi connectivity index (χ4n) is 18.6. The highest BCUT2D eigenvalue weighted by Crippen LogP contribution is 2.57.